The van der Waals surface area contributed by atoms with Crippen molar-refractivity contribution in [3.8, 4) is 23.0 Å². The SMILES string of the molecule is CCOc1ccc(N2C(=O)C(=O)/C(=C(\O)c3ccc(OC(C)C)c(C)c3)C2c2ccc(O)c(OCC)c2)cc1. The van der Waals surface area contributed by atoms with Crippen LogP contribution in [0.1, 0.15) is 50.4 Å². The summed E-state index contributed by atoms with van der Waals surface area (Å²) in [4.78, 5) is 28.3. The summed E-state index contributed by atoms with van der Waals surface area (Å²) < 4.78 is 16.9. The number of aromatic hydroxyl groups is 1. The van der Waals surface area contributed by atoms with Gasteiger partial charge < -0.3 is 24.4 Å². The second-order valence-electron chi connectivity index (χ2n) is 9.40. The van der Waals surface area contributed by atoms with Crippen LogP contribution in [0.5, 0.6) is 23.0 Å². The number of aliphatic hydroxyl groups excluding tert-OH is 1. The van der Waals surface area contributed by atoms with Gasteiger partial charge in [0.15, 0.2) is 11.5 Å². The molecule has 3 aromatic carbocycles. The summed E-state index contributed by atoms with van der Waals surface area (Å²) in [6.45, 7) is 10.1. The molecule has 1 atom stereocenters. The quantitative estimate of drug-likeness (QED) is 0.201. The molecule has 0 bridgehead atoms. The first-order valence-corrected chi connectivity index (χ1v) is 12.9. The van der Waals surface area contributed by atoms with Crippen molar-refractivity contribution in [1.29, 1.82) is 0 Å². The standard InChI is InChI=1S/C31H33NO7/c1-6-37-23-12-10-22(11-13-23)32-28(20-8-14-24(33)26(17-20)38-7-2)27(30(35)31(32)36)29(34)21-9-15-25(19(5)16-21)39-18(3)4/h8-18,28,33-34H,6-7H2,1-5H3/b29-27-. The second-order valence-corrected chi connectivity index (χ2v) is 9.40. The van der Waals surface area contributed by atoms with Crippen molar-refractivity contribution in [2.24, 2.45) is 0 Å². The van der Waals surface area contributed by atoms with Crippen LogP contribution in [0.2, 0.25) is 0 Å². The fourth-order valence-corrected chi connectivity index (χ4v) is 4.59. The normalized spacial score (nSPS) is 16.6. The van der Waals surface area contributed by atoms with Gasteiger partial charge in [0.1, 0.15) is 17.3 Å². The highest BCUT2D eigenvalue weighted by molar-refractivity contribution is 6.51. The van der Waals surface area contributed by atoms with Gasteiger partial charge in [-0.25, -0.2) is 0 Å². The van der Waals surface area contributed by atoms with Gasteiger partial charge in [-0.1, -0.05) is 6.07 Å². The van der Waals surface area contributed by atoms with Crippen molar-refractivity contribution in [2.45, 2.75) is 46.8 Å². The number of rotatable bonds is 9. The lowest BCUT2D eigenvalue weighted by Crippen LogP contribution is -2.29. The molecule has 2 N–H and O–H groups in total. The molecule has 1 fully saturated rings. The zero-order chi connectivity index (χ0) is 28.3. The van der Waals surface area contributed by atoms with Gasteiger partial charge in [0.05, 0.1) is 30.9 Å². The average molecular weight is 532 g/mol. The molecule has 8 nitrogen and oxygen atoms in total. The molecule has 0 saturated carbocycles. The molecule has 8 heteroatoms. The molecule has 0 aromatic heterocycles. The van der Waals surface area contributed by atoms with Gasteiger partial charge >= 0.3 is 0 Å². The molecule has 1 saturated heterocycles. The van der Waals surface area contributed by atoms with Gasteiger partial charge in [0.25, 0.3) is 11.7 Å². The molecule has 1 aliphatic rings. The highest BCUT2D eigenvalue weighted by Crippen LogP contribution is 2.44. The van der Waals surface area contributed by atoms with Crippen LogP contribution in [0, 0.1) is 6.92 Å². The molecule has 0 radical (unpaired) electrons. The Kier molecular flexibility index (Phi) is 8.14. The Balaban J connectivity index is 1.89. The summed E-state index contributed by atoms with van der Waals surface area (Å²) in [5, 5.41) is 21.8. The molecule has 204 valence electrons. The van der Waals surface area contributed by atoms with E-state index in [2.05, 4.69) is 0 Å². The van der Waals surface area contributed by atoms with Crippen LogP contribution in [0.15, 0.2) is 66.2 Å². The first-order valence-electron chi connectivity index (χ1n) is 12.9. The van der Waals surface area contributed by atoms with Crippen molar-refractivity contribution in [1.82, 2.24) is 0 Å². The molecule has 0 spiro atoms. The zero-order valence-electron chi connectivity index (χ0n) is 22.7. The van der Waals surface area contributed by atoms with E-state index >= 15 is 0 Å². The Morgan fingerprint density at radius 1 is 0.923 bits per heavy atom. The largest absolute Gasteiger partial charge is 0.507 e. The monoisotopic (exact) mass is 531 g/mol. The van der Waals surface area contributed by atoms with E-state index in [9.17, 15) is 19.8 Å². The van der Waals surface area contributed by atoms with Crippen LogP contribution in [0.3, 0.4) is 0 Å². The number of anilines is 1. The summed E-state index contributed by atoms with van der Waals surface area (Å²) >= 11 is 0. The Morgan fingerprint density at radius 3 is 2.23 bits per heavy atom. The minimum atomic E-state index is -0.977. The average Bonchev–Trinajstić information content (AvgIpc) is 3.17. The van der Waals surface area contributed by atoms with E-state index in [4.69, 9.17) is 14.2 Å². The number of phenolic OH excluding ortho intramolecular Hbond substituents is 1. The third-order valence-corrected chi connectivity index (χ3v) is 6.28. The maximum Gasteiger partial charge on any atom is 0.300 e. The minimum absolute atomic E-state index is 0.0309. The number of hydrogen-bond donors (Lipinski definition) is 2. The molecular weight excluding hydrogens is 498 g/mol. The summed E-state index contributed by atoms with van der Waals surface area (Å²) in [5.74, 6) is -0.499. The van der Waals surface area contributed by atoms with Gasteiger partial charge in [-0.15, -0.1) is 0 Å². The van der Waals surface area contributed by atoms with E-state index in [1.54, 1.807) is 61.5 Å². The Bertz CT molecular complexity index is 1410. The zero-order valence-corrected chi connectivity index (χ0v) is 22.7. The number of hydrogen-bond acceptors (Lipinski definition) is 7. The van der Waals surface area contributed by atoms with Crippen LogP contribution in [-0.2, 0) is 9.59 Å². The lowest BCUT2D eigenvalue weighted by molar-refractivity contribution is -0.132. The number of aliphatic hydroxyl groups is 1. The number of benzene rings is 3. The summed E-state index contributed by atoms with van der Waals surface area (Å²) in [6, 6.07) is 15.6. The molecule has 1 unspecified atom stereocenters. The predicted molar refractivity (Wildman–Crippen MR) is 149 cm³/mol. The van der Waals surface area contributed by atoms with Gasteiger partial charge in [-0.3, -0.25) is 14.5 Å². The summed E-state index contributed by atoms with van der Waals surface area (Å²) in [5.41, 5.74) is 2.02. The number of phenols is 1. The number of nitrogens with zero attached hydrogens (tertiary/aromatic N) is 1. The number of Topliss-reactive ketones (excluding diaryl/α,β-unsaturated/α-hetero) is 1. The Morgan fingerprint density at radius 2 is 1.62 bits per heavy atom. The molecule has 39 heavy (non-hydrogen) atoms. The van der Waals surface area contributed by atoms with E-state index in [0.717, 1.165) is 5.56 Å². The number of amides is 1. The Hall–Kier alpha value is -4.46. The molecule has 1 aliphatic heterocycles. The topological polar surface area (TPSA) is 106 Å². The van der Waals surface area contributed by atoms with E-state index in [1.165, 1.54) is 11.0 Å². The molecular formula is C31H33NO7. The lowest BCUT2D eigenvalue weighted by Gasteiger charge is -2.26. The molecule has 0 aliphatic carbocycles. The van der Waals surface area contributed by atoms with Crippen LogP contribution in [0.25, 0.3) is 5.76 Å². The highest BCUT2D eigenvalue weighted by Gasteiger charge is 2.47. The number of carbonyl (C=O) groups excluding carboxylic acids is 2. The fraction of sp³-hybridized carbons (Fsp3) is 0.290. The third-order valence-electron chi connectivity index (χ3n) is 6.28. The van der Waals surface area contributed by atoms with Crippen LogP contribution < -0.4 is 19.1 Å². The molecule has 4 rings (SSSR count). The maximum atomic E-state index is 13.5. The van der Waals surface area contributed by atoms with E-state index in [-0.39, 0.29) is 28.9 Å². The molecule has 1 heterocycles. The smallest absolute Gasteiger partial charge is 0.300 e. The number of ether oxygens (including phenoxy) is 3. The van der Waals surface area contributed by atoms with Gasteiger partial charge in [0, 0.05) is 11.3 Å². The highest BCUT2D eigenvalue weighted by atomic mass is 16.5. The number of carbonyl (C=O) groups is 2. The van der Waals surface area contributed by atoms with Crippen molar-refractivity contribution in [2.75, 3.05) is 18.1 Å². The maximum absolute atomic E-state index is 13.5. The molecule has 1 amide bonds. The lowest BCUT2D eigenvalue weighted by atomic mass is 9.94. The Labute approximate surface area is 228 Å². The van der Waals surface area contributed by atoms with E-state index in [1.807, 2.05) is 27.7 Å². The predicted octanol–water partition coefficient (Wildman–Crippen LogP) is 5.91. The third kappa shape index (κ3) is 5.55. The van der Waals surface area contributed by atoms with Crippen LogP contribution in [-0.4, -0.2) is 41.2 Å². The first kappa shape index (κ1) is 27.6. The van der Waals surface area contributed by atoms with E-state index in [0.29, 0.717) is 41.5 Å². The van der Waals surface area contributed by atoms with Crippen LogP contribution >= 0.6 is 0 Å². The fourth-order valence-electron chi connectivity index (χ4n) is 4.59. The first-order chi connectivity index (χ1) is 18.7. The van der Waals surface area contributed by atoms with Crippen molar-refractivity contribution in [3.63, 3.8) is 0 Å². The van der Waals surface area contributed by atoms with E-state index < -0.39 is 17.7 Å². The van der Waals surface area contributed by atoms with Crippen molar-refractivity contribution >= 4 is 23.1 Å². The summed E-state index contributed by atoms with van der Waals surface area (Å²) in [7, 11) is 0. The van der Waals surface area contributed by atoms with Crippen LogP contribution in [0.4, 0.5) is 5.69 Å². The van der Waals surface area contributed by atoms with Gasteiger partial charge in [0.2, 0.25) is 0 Å². The number of aryl methyl sites for hydroxylation is 1. The van der Waals surface area contributed by atoms with Gasteiger partial charge in [-0.05, 0) is 100 Å². The number of ketones is 1. The molecule has 3 aromatic rings. The van der Waals surface area contributed by atoms with Crippen molar-refractivity contribution in [3.05, 3.63) is 82.9 Å². The minimum Gasteiger partial charge on any atom is -0.507 e. The van der Waals surface area contributed by atoms with Gasteiger partial charge in [-0.2, -0.15) is 0 Å². The second kappa shape index (κ2) is 11.5. The summed E-state index contributed by atoms with van der Waals surface area (Å²) in [6.07, 6.45) is -0.0309. The van der Waals surface area contributed by atoms with Crippen molar-refractivity contribution < 1.29 is 34.0 Å².